The lowest BCUT2D eigenvalue weighted by atomic mass is 10.3. The van der Waals surface area contributed by atoms with Gasteiger partial charge < -0.3 is 10.5 Å². The summed E-state index contributed by atoms with van der Waals surface area (Å²) in [5.41, 5.74) is 6.20. The number of halogens is 1. The zero-order chi connectivity index (χ0) is 15.5. The van der Waals surface area contributed by atoms with E-state index in [4.69, 9.17) is 22.1 Å². The van der Waals surface area contributed by atoms with Crippen molar-refractivity contribution in [2.45, 2.75) is 11.8 Å². The minimum absolute atomic E-state index is 0.0197. The van der Waals surface area contributed by atoms with E-state index in [2.05, 4.69) is 4.72 Å². The molecule has 0 unspecified atom stereocenters. The lowest BCUT2D eigenvalue weighted by Crippen LogP contribution is -2.14. The van der Waals surface area contributed by atoms with Gasteiger partial charge in [0.2, 0.25) is 0 Å². The fourth-order valence-electron chi connectivity index (χ4n) is 1.79. The average Bonchev–Trinajstić information content (AvgIpc) is 2.38. The molecule has 21 heavy (non-hydrogen) atoms. The van der Waals surface area contributed by atoms with Crippen molar-refractivity contribution in [3.63, 3.8) is 0 Å². The van der Waals surface area contributed by atoms with Gasteiger partial charge in [0.05, 0.1) is 18.0 Å². The Morgan fingerprint density at radius 2 is 2.00 bits per heavy atom. The first-order valence-electron chi connectivity index (χ1n) is 6.23. The van der Waals surface area contributed by atoms with Gasteiger partial charge >= 0.3 is 0 Å². The molecule has 0 aliphatic carbocycles. The number of nitrogens with two attached hydrogens (primary N) is 1. The quantitative estimate of drug-likeness (QED) is 0.827. The van der Waals surface area contributed by atoms with Crippen LogP contribution in [0.25, 0.3) is 0 Å². The topological polar surface area (TPSA) is 81.4 Å². The molecule has 0 saturated carbocycles. The third-order valence-electron chi connectivity index (χ3n) is 2.66. The molecule has 0 bridgehead atoms. The molecule has 2 rings (SSSR count). The first-order valence-corrected chi connectivity index (χ1v) is 8.09. The summed E-state index contributed by atoms with van der Waals surface area (Å²) in [5.74, 6) is 0.585. The van der Waals surface area contributed by atoms with E-state index in [1.807, 2.05) is 6.92 Å². The minimum Gasteiger partial charge on any atom is -0.494 e. The highest BCUT2D eigenvalue weighted by molar-refractivity contribution is 7.92. The first-order chi connectivity index (χ1) is 9.92. The number of hydrogen-bond donors (Lipinski definition) is 2. The fourth-order valence-corrected chi connectivity index (χ4v) is 3.13. The molecule has 7 heteroatoms. The number of nitrogens with one attached hydrogen (secondary N) is 1. The van der Waals surface area contributed by atoms with Crippen molar-refractivity contribution in [1.29, 1.82) is 0 Å². The van der Waals surface area contributed by atoms with Crippen molar-refractivity contribution in [1.82, 2.24) is 0 Å². The molecule has 3 N–H and O–H groups in total. The lowest BCUT2D eigenvalue weighted by molar-refractivity contribution is 0.340. The van der Waals surface area contributed by atoms with Gasteiger partial charge in [0.1, 0.15) is 10.6 Å². The molecule has 0 atom stereocenters. The molecule has 0 radical (unpaired) electrons. The Morgan fingerprint density at radius 3 is 2.67 bits per heavy atom. The monoisotopic (exact) mass is 326 g/mol. The summed E-state index contributed by atoms with van der Waals surface area (Å²) in [5, 5.41) is 0.379. The number of sulfonamides is 1. The van der Waals surface area contributed by atoms with E-state index in [1.54, 1.807) is 24.3 Å². The highest BCUT2D eigenvalue weighted by Crippen LogP contribution is 2.26. The molecule has 0 aromatic heterocycles. The molecular weight excluding hydrogens is 312 g/mol. The highest BCUT2D eigenvalue weighted by Gasteiger charge is 2.18. The van der Waals surface area contributed by atoms with Gasteiger partial charge in [0.25, 0.3) is 10.0 Å². The summed E-state index contributed by atoms with van der Waals surface area (Å²) in [7, 11) is -3.78. The van der Waals surface area contributed by atoms with Gasteiger partial charge in [-0.2, -0.15) is 0 Å². The number of anilines is 2. The summed E-state index contributed by atoms with van der Waals surface area (Å²) < 4.78 is 32.4. The SMILES string of the molecule is CCOc1cccc(NS(=O)(=O)c2ccc(Cl)cc2N)c1. The largest absolute Gasteiger partial charge is 0.494 e. The van der Waals surface area contributed by atoms with E-state index >= 15 is 0 Å². The molecule has 0 heterocycles. The van der Waals surface area contributed by atoms with Gasteiger partial charge in [-0.05, 0) is 37.3 Å². The van der Waals surface area contributed by atoms with Gasteiger partial charge in [-0.3, -0.25) is 4.72 Å². The van der Waals surface area contributed by atoms with Gasteiger partial charge in [-0.15, -0.1) is 0 Å². The van der Waals surface area contributed by atoms with Crippen LogP contribution in [0.3, 0.4) is 0 Å². The summed E-state index contributed by atoms with van der Waals surface area (Å²) in [6.07, 6.45) is 0. The second-order valence-corrected chi connectivity index (χ2v) is 6.34. The maximum atomic E-state index is 12.3. The zero-order valence-electron chi connectivity index (χ0n) is 11.3. The van der Waals surface area contributed by atoms with Crippen LogP contribution in [0.1, 0.15) is 6.92 Å². The predicted octanol–water partition coefficient (Wildman–Crippen LogP) is 3.12. The molecule has 5 nitrogen and oxygen atoms in total. The predicted molar refractivity (Wildman–Crippen MR) is 84.3 cm³/mol. The van der Waals surface area contributed by atoms with Crippen LogP contribution in [0.5, 0.6) is 5.75 Å². The molecular formula is C14H15ClN2O3S. The summed E-state index contributed by atoms with van der Waals surface area (Å²) in [4.78, 5) is -0.0197. The molecule has 2 aromatic rings. The Hall–Kier alpha value is -1.92. The van der Waals surface area contributed by atoms with Crippen molar-refractivity contribution in [2.75, 3.05) is 17.1 Å². The summed E-state index contributed by atoms with van der Waals surface area (Å²) in [6, 6.07) is 10.9. The molecule has 0 fully saturated rings. The van der Waals surface area contributed by atoms with E-state index < -0.39 is 10.0 Å². The van der Waals surface area contributed by atoms with Crippen LogP contribution in [0.2, 0.25) is 5.02 Å². The number of hydrogen-bond acceptors (Lipinski definition) is 4. The molecule has 0 amide bonds. The second-order valence-electron chi connectivity index (χ2n) is 4.25. The summed E-state index contributed by atoms with van der Waals surface area (Å²) >= 11 is 5.77. The second kappa shape index (κ2) is 6.24. The molecule has 0 aliphatic heterocycles. The van der Waals surface area contributed by atoms with Gasteiger partial charge in [-0.25, -0.2) is 8.42 Å². The molecule has 0 aliphatic rings. The Labute approximate surface area is 128 Å². The Morgan fingerprint density at radius 1 is 1.24 bits per heavy atom. The standard InChI is InChI=1S/C14H15ClN2O3S/c1-2-20-12-5-3-4-11(9-12)17-21(18,19)14-7-6-10(15)8-13(14)16/h3-9,17H,2,16H2,1H3. The molecule has 0 spiro atoms. The third-order valence-corrected chi connectivity index (χ3v) is 4.35. The lowest BCUT2D eigenvalue weighted by Gasteiger charge is -2.11. The van der Waals surface area contributed by atoms with E-state index in [0.717, 1.165) is 0 Å². The van der Waals surface area contributed by atoms with Gasteiger partial charge in [-0.1, -0.05) is 17.7 Å². The van der Waals surface area contributed by atoms with E-state index in [9.17, 15) is 8.42 Å². The maximum Gasteiger partial charge on any atom is 0.263 e. The normalized spacial score (nSPS) is 11.1. The van der Waals surface area contributed by atoms with E-state index in [-0.39, 0.29) is 10.6 Å². The van der Waals surface area contributed by atoms with E-state index in [1.165, 1.54) is 18.2 Å². The molecule has 112 valence electrons. The number of benzene rings is 2. The Bertz CT molecular complexity index is 748. The molecule has 0 saturated heterocycles. The molecule has 2 aromatic carbocycles. The van der Waals surface area contributed by atoms with Crippen molar-refractivity contribution >= 4 is 33.0 Å². The van der Waals surface area contributed by atoms with E-state index in [0.29, 0.717) is 23.1 Å². The van der Waals surface area contributed by atoms with Crippen molar-refractivity contribution in [3.8, 4) is 5.75 Å². The van der Waals surface area contributed by atoms with Crippen LogP contribution >= 0.6 is 11.6 Å². The fraction of sp³-hybridized carbons (Fsp3) is 0.143. The van der Waals surface area contributed by atoms with Crippen LogP contribution in [0.15, 0.2) is 47.4 Å². The zero-order valence-corrected chi connectivity index (χ0v) is 12.9. The highest BCUT2D eigenvalue weighted by atomic mass is 35.5. The maximum absolute atomic E-state index is 12.3. The summed E-state index contributed by atoms with van der Waals surface area (Å²) in [6.45, 7) is 2.35. The number of nitrogen functional groups attached to an aromatic ring is 1. The first kappa shape index (κ1) is 15.5. The third kappa shape index (κ3) is 3.80. The Kier molecular flexibility index (Phi) is 4.59. The number of ether oxygens (including phenoxy) is 1. The van der Waals surface area contributed by atoms with Crippen molar-refractivity contribution < 1.29 is 13.2 Å². The van der Waals surface area contributed by atoms with Gasteiger partial charge in [0.15, 0.2) is 0 Å². The number of rotatable bonds is 5. The van der Waals surface area contributed by atoms with Crippen LogP contribution in [-0.4, -0.2) is 15.0 Å². The van der Waals surface area contributed by atoms with Crippen LogP contribution in [0.4, 0.5) is 11.4 Å². The van der Waals surface area contributed by atoms with Crippen LogP contribution in [-0.2, 0) is 10.0 Å². The van der Waals surface area contributed by atoms with Crippen LogP contribution < -0.4 is 15.2 Å². The van der Waals surface area contributed by atoms with Crippen molar-refractivity contribution in [2.24, 2.45) is 0 Å². The Balaban J connectivity index is 2.31. The van der Waals surface area contributed by atoms with Crippen molar-refractivity contribution in [3.05, 3.63) is 47.5 Å². The van der Waals surface area contributed by atoms with Gasteiger partial charge in [0, 0.05) is 11.1 Å². The smallest absolute Gasteiger partial charge is 0.263 e. The minimum atomic E-state index is -3.78. The average molecular weight is 327 g/mol. The van der Waals surface area contributed by atoms with Crippen LogP contribution in [0, 0.1) is 0 Å².